The second-order valence-electron chi connectivity index (χ2n) is 10.9. The van der Waals surface area contributed by atoms with Crippen LogP contribution in [0.25, 0.3) is 28.1 Å². The Kier molecular flexibility index (Phi) is 7.01. The van der Waals surface area contributed by atoms with Gasteiger partial charge in [0.2, 0.25) is 16.0 Å². The summed E-state index contributed by atoms with van der Waals surface area (Å²) in [6.45, 7) is 10.5. The van der Waals surface area contributed by atoms with Crippen LogP contribution in [-0.2, 0) is 34.8 Å². The Hall–Kier alpha value is -3.13. The molecule has 0 radical (unpaired) electrons. The van der Waals surface area contributed by atoms with Crippen molar-refractivity contribution in [1.82, 2.24) is 38.3 Å². The molecule has 13 heteroatoms. The van der Waals surface area contributed by atoms with Gasteiger partial charge in [-0.1, -0.05) is 19.1 Å². The van der Waals surface area contributed by atoms with Crippen molar-refractivity contribution in [3.8, 4) is 5.95 Å². The molecule has 0 amide bonds. The van der Waals surface area contributed by atoms with Gasteiger partial charge in [0.1, 0.15) is 11.6 Å². The fraction of sp³-hybridized carbons (Fsp3) is 0.556. The number of piperazine rings is 1. The normalized spacial score (nSPS) is 21.6. The molecular formula is C27H37N9O3S. The van der Waals surface area contributed by atoms with Crippen LogP contribution in [0.4, 0.5) is 5.82 Å². The van der Waals surface area contributed by atoms with E-state index in [4.69, 9.17) is 24.7 Å². The first-order valence-corrected chi connectivity index (χ1v) is 15.7. The molecule has 5 heterocycles. The summed E-state index contributed by atoms with van der Waals surface area (Å²) in [5.74, 6) is 3.15. The van der Waals surface area contributed by atoms with E-state index in [0.29, 0.717) is 38.8 Å². The standard InChI is InChI=1S/C27H37N9O3S/c1-6-22-28-20-9-7-8-10-21(20)36(22)27-30-25-24(26(31-27)33-11-13-39-14-12-33)29-23(32(25)4)17-35-18(2)15-34(16-19(35)3)40(5,37)38/h7-10,18-19H,6,11-17H2,1-5H3. The monoisotopic (exact) mass is 567 g/mol. The molecule has 2 unspecified atom stereocenters. The maximum atomic E-state index is 12.2. The van der Waals surface area contributed by atoms with E-state index in [1.807, 2.05) is 25.2 Å². The third-order valence-corrected chi connectivity index (χ3v) is 9.34. The van der Waals surface area contributed by atoms with Crippen molar-refractivity contribution < 1.29 is 13.2 Å². The summed E-state index contributed by atoms with van der Waals surface area (Å²) in [4.78, 5) is 24.7. The lowest BCUT2D eigenvalue weighted by molar-refractivity contribution is 0.0671. The lowest BCUT2D eigenvalue weighted by Gasteiger charge is -2.43. The van der Waals surface area contributed by atoms with E-state index in [1.165, 1.54) is 6.26 Å². The van der Waals surface area contributed by atoms with Crippen LogP contribution in [0.2, 0.25) is 0 Å². The number of aryl methyl sites for hydroxylation is 2. The molecule has 12 nitrogen and oxygen atoms in total. The van der Waals surface area contributed by atoms with E-state index in [9.17, 15) is 8.42 Å². The number of ether oxygens (including phenoxy) is 1. The van der Waals surface area contributed by atoms with Crippen LogP contribution in [0.3, 0.4) is 0 Å². The van der Waals surface area contributed by atoms with E-state index < -0.39 is 10.0 Å². The molecule has 2 atom stereocenters. The molecule has 214 valence electrons. The van der Waals surface area contributed by atoms with Crippen LogP contribution >= 0.6 is 0 Å². The number of hydrogen-bond acceptors (Lipinski definition) is 9. The Morgan fingerprint density at radius 3 is 2.35 bits per heavy atom. The van der Waals surface area contributed by atoms with Crippen molar-refractivity contribution in [1.29, 1.82) is 0 Å². The quantitative estimate of drug-likeness (QED) is 0.345. The third-order valence-electron chi connectivity index (χ3n) is 8.10. The van der Waals surface area contributed by atoms with Crippen molar-refractivity contribution in [2.45, 2.75) is 45.8 Å². The lowest BCUT2D eigenvalue weighted by atomic mass is 10.1. The number of aromatic nitrogens is 6. The fourth-order valence-corrected chi connectivity index (χ4v) is 6.88. The van der Waals surface area contributed by atoms with Gasteiger partial charge in [0, 0.05) is 51.7 Å². The van der Waals surface area contributed by atoms with Gasteiger partial charge in [-0.05, 0) is 26.0 Å². The molecule has 2 saturated heterocycles. The minimum Gasteiger partial charge on any atom is -0.378 e. The van der Waals surface area contributed by atoms with E-state index >= 15 is 0 Å². The Morgan fingerprint density at radius 1 is 0.975 bits per heavy atom. The molecular weight excluding hydrogens is 530 g/mol. The number of sulfonamides is 1. The highest BCUT2D eigenvalue weighted by atomic mass is 32.2. The molecule has 0 spiro atoms. The predicted octanol–water partition coefficient (Wildman–Crippen LogP) is 1.96. The molecule has 6 rings (SSSR count). The molecule has 0 N–H and O–H groups in total. The smallest absolute Gasteiger partial charge is 0.239 e. The van der Waals surface area contributed by atoms with Crippen molar-refractivity contribution in [2.24, 2.45) is 7.05 Å². The van der Waals surface area contributed by atoms with E-state index in [2.05, 4.69) is 45.8 Å². The van der Waals surface area contributed by atoms with E-state index in [-0.39, 0.29) is 12.1 Å². The van der Waals surface area contributed by atoms with Crippen molar-refractivity contribution in [2.75, 3.05) is 50.5 Å². The maximum Gasteiger partial charge on any atom is 0.239 e. The number of benzene rings is 1. The second kappa shape index (κ2) is 10.4. The average molecular weight is 568 g/mol. The van der Waals surface area contributed by atoms with Gasteiger partial charge in [0.15, 0.2) is 17.0 Å². The zero-order chi connectivity index (χ0) is 28.2. The highest BCUT2D eigenvalue weighted by molar-refractivity contribution is 7.88. The van der Waals surface area contributed by atoms with Crippen LogP contribution in [0.5, 0.6) is 0 Å². The van der Waals surface area contributed by atoms with Gasteiger partial charge in [-0.3, -0.25) is 9.47 Å². The van der Waals surface area contributed by atoms with Crippen molar-refractivity contribution in [3.63, 3.8) is 0 Å². The van der Waals surface area contributed by atoms with Gasteiger partial charge >= 0.3 is 0 Å². The first-order valence-electron chi connectivity index (χ1n) is 13.9. The van der Waals surface area contributed by atoms with Crippen LogP contribution in [0.1, 0.15) is 32.4 Å². The molecule has 2 fully saturated rings. The Labute approximate surface area is 234 Å². The van der Waals surface area contributed by atoms with Crippen LogP contribution in [-0.4, -0.2) is 104 Å². The number of nitrogens with zero attached hydrogens (tertiary/aromatic N) is 9. The summed E-state index contributed by atoms with van der Waals surface area (Å²) in [6, 6.07) is 8.16. The Morgan fingerprint density at radius 2 is 1.68 bits per heavy atom. The summed E-state index contributed by atoms with van der Waals surface area (Å²) in [5, 5.41) is 0. The first-order chi connectivity index (χ1) is 19.2. The van der Waals surface area contributed by atoms with Gasteiger partial charge < -0.3 is 14.2 Å². The topological polar surface area (TPSA) is 115 Å². The van der Waals surface area contributed by atoms with E-state index in [0.717, 1.165) is 59.2 Å². The number of imidazole rings is 2. The molecule has 1 aromatic carbocycles. The SMILES string of the molecule is CCc1nc2ccccc2n1-c1nc(N2CCOCC2)c2nc(CN3C(C)CN(S(C)(=O)=O)CC3C)n(C)c2n1. The van der Waals surface area contributed by atoms with E-state index in [1.54, 1.807) is 4.31 Å². The number of para-hydroxylation sites is 2. The van der Waals surface area contributed by atoms with Gasteiger partial charge in [0.25, 0.3) is 0 Å². The predicted molar refractivity (Wildman–Crippen MR) is 154 cm³/mol. The maximum absolute atomic E-state index is 12.2. The molecule has 2 aliphatic heterocycles. The molecule has 0 bridgehead atoms. The number of anilines is 1. The first kappa shape index (κ1) is 27.1. The summed E-state index contributed by atoms with van der Waals surface area (Å²) in [5.41, 5.74) is 3.41. The number of rotatable bonds is 6. The van der Waals surface area contributed by atoms with Crippen LogP contribution in [0.15, 0.2) is 24.3 Å². The number of morpholine rings is 1. The van der Waals surface area contributed by atoms with Crippen molar-refractivity contribution >= 4 is 38.0 Å². The fourth-order valence-electron chi connectivity index (χ4n) is 5.91. The Bertz CT molecular complexity index is 1650. The molecule has 3 aromatic heterocycles. The average Bonchev–Trinajstić information content (AvgIpc) is 3.47. The number of fused-ring (bicyclic) bond motifs is 2. The molecule has 0 aliphatic carbocycles. The highest BCUT2D eigenvalue weighted by Crippen LogP contribution is 2.29. The zero-order valence-electron chi connectivity index (χ0n) is 23.8. The van der Waals surface area contributed by atoms with Gasteiger partial charge in [-0.15, -0.1) is 0 Å². The second-order valence-corrected chi connectivity index (χ2v) is 12.8. The molecule has 0 saturated carbocycles. The molecule has 40 heavy (non-hydrogen) atoms. The van der Waals surface area contributed by atoms with Gasteiger partial charge in [0.05, 0.1) is 37.0 Å². The van der Waals surface area contributed by atoms with Gasteiger partial charge in [-0.25, -0.2) is 18.4 Å². The summed E-state index contributed by atoms with van der Waals surface area (Å²) >= 11 is 0. The summed E-state index contributed by atoms with van der Waals surface area (Å²) in [6.07, 6.45) is 2.03. The Balaban J connectivity index is 1.45. The van der Waals surface area contributed by atoms with Gasteiger partial charge in [-0.2, -0.15) is 14.3 Å². The number of hydrogen-bond donors (Lipinski definition) is 0. The minimum absolute atomic E-state index is 0.0445. The largest absolute Gasteiger partial charge is 0.378 e. The minimum atomic E-state index is -3.24. The van der Waals surface area contributed by atoms with Crippen LogP contribution < -0.4 is 4.90 Å². The molecule has 2 aliphatic rings. The summed E-state index contributed by atoms with van der Waals surface area (Å²) < 4.78 is 35.7. The van der Waals surface area contributed by atoms with Crippen molar-refractivity contribution in [3.05, 3.63) is 35.9 Å². The zero-order valence-corrected chi connectivity index (χ0v) is 24.6. The van der Waals surface area contributed by atoms with Crippen LogP contribution in [0, 0.1) is 0 Å². The summed E-state index contributed by atoms with van der Waals surface area (Å²) in [7, 11) is -1.24. The molecule has 4 aromatic rings. The lowest BCUT2D eigenvalue weighted by Crippen LogP contribution is -2.57. The third kappa shape index (κ3) is 4.74. The highest BCUT2D eigenvalue weighted by Gasteiger charge is 2.34.